The summed E-state index contributed by atoms with van der Waals surface area (Å²) >= 11 is 0. The van der Waals surface area contributed by atoms with Crippen molar-refractivity contribution in [1.82, 2.24) is 10.6 Å². The highest BCUT2D eigenvalue weighted by molar-refractivity contribution is 5.98. The van der Waals surface area contributed by atoms with Crippen LogP contribution in [0.4, 0.5) is 14.9 Å². The van der Waals surface area contributed by atoms with Gasteiger partial charge in [-0.25, -0.2) is 9.18 Å². The maximum absolute atomic E-state index is 14.1. The zero-order valence-corrected chi connectivity index (χ0v) is 13.6. The predicted molar refractivity (Wildman–Crippen MR) is 89.4 cm³/mol. The maximum Gasteiger partial charge on any atom is 0.321 e. The number of nitrogens with zero attached hydrogens (tertiary/aromatic N) is 1. The van der Waals surface area contributed by atoms with Crippen LogP contribution in [0.3, 0.4) is 0 Å². The van der Waals surface area contributed by atoms with Gasteiger partial charge >= 0.3 is 6.03 Å². The van der Waals surface area contributed by atoms with Crippen LogP contribution in [-0.2, 0) is 0 Å². The number of rotatable bonds is 4. The van der Waals surface area contributed by atoms with Crippen LogP contribution in [0, 0.1) is 11.7 Å². The van der Waals surface area contributed by atoms with Crippen molar-refractivity contribution in [3.8, 4) is 0 Å². The summed E-state index contributed by atoms with van der Waals surface area (Å²) in [5.41, 5.74) is 6.27. The standard InChI is InChI=1S/C17H23FN4O2/c18-14-6-5-12(22-8-7-20-17(22)24)9-13(14)16(23)21-15-4-2-1-3-11(15)10-19/h5-6,9,11,15H,1-4,7-8,10,19H2,(H,20,24)(H,21,23). The summed E-state index contributed by atoms with van der Waals surface area (Å²) in [5, 5.41) is 5.62. The van der Waals surface area contributed by atoms with E-state index in [1.165, 1.54) is 23.1 Å². The zero-order valence-electron chi connectivity index (χ0n) is 13.6. The van der Waals surface area contributed by atoms with Crippen molar-refractivity contribution in [1.29, 1.82) is 0 Å². The Morgan fingerprint density at radius 1 is 1.38 bits per heavy atom. The van der Waals surface area contributed by atoms with E-state index in [1.54, 1.807) is 0 Å². The van der Waals surface area contributed by atoms with Crippen LogP contribution in [0.5, 0.6) is 0 Å². The second-order valence-electron chi connectivity index (χ2n) is 6.41. The van der Waals surface area contributed by atoms with Gasteiger partial charge in [-0.15, -0.1) is 0 Å². The molecule has 1 aliphatic carbocycles. The third-order valence-electron chi connectivity index (χ3n) is 4.89. The Kier molecular flexibility index (Phi) is 4.99. The predicted octanol–water partition coefficient (Wildman–Crippen LogP) is 1.60. The molecule has 0 aromatic heterocycles. The molecule has 0 radical (unpaired) electrons. The molecule has 130 valence electrons. The van der Waals surface area contributed by atoms with Crippen molar-refractivity contribution in [2.24, 2.45) is 11.7 Å². The van der Waals surface area contributed by atoms with E-state index in [2.05, 4.69) is 10.6 Å². The highest BCUT2D eigenvalue weighted by atomic mass is 19.1. The number of carbonyl (C=O) groups is 2. The van der Waals surface area contributed by atoms with Crippen molar-refractivity contribution in [3.05, 3.63) is 29.6 Å². The van der Waals surface area contributed by atoms with Crippen LogP contribution in [0.2, 0.25) is 0 Å². The monoisotopic (exact) mass is 334 g/mol. The Bertz CT molecular complexity index is 637. The van der Waals surface area contributed by atoms with Gasteiger partial charge in [0.05, 0.1) is 5.56 Å². The fourth-order valence-corrected chi connectivity index (χ4v) is 3.50. The van der Waals surface area contributed by atoms with E-state index in [-0.39, 0.29) is 23.6 Å². The van der Waals surface area contributed by atoms with Crippen molar-refractivity contribution in [3.63, 3.8) is 0 Å². The molecular weight excluding hydrogens is 311 g/mol. The molecule has 1 saturated carbocycles. The molecule has 0 spiro atoms. The number of halogens is 1. The summed E-state index contributed by atoms with van der Waals surface area (Å²) in [5.74, 6) is -0.798. The second-order valence-corrected chi connectivity index (χ2v) is 6.41. The SMILES string of the molecule is NCC1CCCCC1NC(=O)c1cc(N2CCNC2=O)ccc1F. The third-order valence-corrected chi connectivity index (χ3v) is 4.89. The zero-order chi connectivity index (χ0) is 17.1. The molecule has 2 unspecified atom stereocenters. The lowest BCUT2D eigenvalue weighted by molar-refractivity contribution is 0.0904. The third kappa shape index (κ3) is 3.36. The lowest BCUT2D eigenvalue weighted by Gasteiger charge is -2.31. The quantitative estimate of drug-likeness (QED) is 0.781. The van der Waals surface area contributed by atoms with Crippen LogP contribution in [0.1, 0.15) is 36.0 Å². The Hall–Kier alpha value is -2.15. The number of nitrogens with one attached hydrogen (secondary N) is 2. The molecule has 3 rings (SSSR count). The second kappa shape index (κ2) is 7.17. The molecule has 1 aliphatic heterocycles. The van der Waals surface area contributed by atoms with Gasteiger partial charge in [0.2, 0.25) is 0 Å². The van der Waals surface area contributed by atoms with Crippen LogP contribution < -0.4 is 21.3 Å². The Balaban J connectivity index is 1.77. The van der Waals surface area contributed by atoms with E-state index in [0.29, 0.717) is 25.3 Å². The number of amides is 3. The molecule has 1 saturated heterocycles. The first kappa shape index (κ1) is 16.7. The van der Waals surface area contributed by atoms with Gasteiger partial charge in [0.25, 0.3) is 5.91 Å². The summed E-state index contributed by atoms with van der Waals surface area (Å²) in [4.78, 5) is 25.8. The Labute approximate surface area is 140 Å². The minimum absolute atomic E-state index is 0.0191. The van der Waals surface area contributed by atoms with Gasteiger partial charge in [-0.3, -0.25) is 9.69 Å². The Morgan fingerprint density at radius 3 is 2.88 bits per heavy atom. The molecule has 2 fully saturated rings. The summed E-state index contributed by atoms with van der Waals surface area (Å²) in [6, 6.07) is 3.94. The molecule has 1 aromatic rings. The highest BCUT2D eigenvalue weighted by Crippen LogP contribution is 2.25. The molecule has 2 atom stereocenters. The minimum atomic E-state index is -0.587. The average molecular weight is 334 g/mol. The van der Waals surface area contributed by atoms with E-state index < -0.39 is 11.7 Å². The van der Waals surface area contributed by atoms with E-state index in [1.807, 2.05) is 0 Å². The van der Waals surface area contributed by atoms with Gasteiger partial charge in [0.15, 0.2) is 0 Å². The van der Waals surface area contributed by atoms with Crippen molar-refractivity contribution in [2.45, 2.75) is 31.7 Å². The number of benzene rings is 1. The van der Waals surface area contributed by atoms with Crippen molar-refractivity contribution >= 4 is 17.6 Å². The number of anilines is 1. The molecule has 2 aliphatic rings. The van der Waals surface area contributed by atoms with Gasteiger partial charge < -0.3 is 16.4 Å². The van der Waals surface area contributed by atoms with Gasteiger partial charge in [-0.05, 0) is 43.5 Å². The number of hydrogen-bond donors (Lipinski definition) is 3. The van der Waals surface area contributed by atoms with Crippen molar-refractivity contribution in [2.75, 3.05) is 24.5 Å². The normalized spacial score (nSPS) is 23.9. The summed E-state index contributed by atoms with van der Waals surface area (Å²) in [7, 11) is 0. The fraction of sp³-hybridized carbons (Fsp3) is 0.529. The summed E-state index contributed by atoms with van der Waals surface area (Å²) < 4.78 is 14.1. The molecule has 0 bridgehead atoms. The Morgan fingerprint density at radius 2 is 2.17 bits per heavy atom. The number of urea groups is 1. The van der Waals surface area contributed by atoms with Gasteiger partial charge in [-0.1, -0.05) is 12.8 Å². The van der Waals surface area contributed by atoms with Gasteiger partial charge in [-0.2, -0.15) is 0 Å². The van der Waals surface area contributed by atoms with E-state index in [4.69, 9.17) is 5.73 Å². The van der Waals surface area contributed by atoms with Crippen LogP contribution in [-0.4, -0.2) is 37.6 Å². The summed E-state index contributed by atoms with van der Waals surface area (Å²) in [6.07, 6.45) is 4.00. The number of hydrogen-bond acceptors (Lipinski definition) is 3. The molecule has 6 nitrogen and oxygen atoms in total. The van der Waals surface area contributed by atoms with Gasteiger partial charge in [0.1, 0.15) is 5.82 Å². The van der Waals surface area contributed by atoms with E-state index in [0.717, 1.165) is 25.7 Å². The molecule has 1 aromatic carbocycles. The molecule has 3 amide bonds. The highest BCUT2D eigenvalue weighted by Gasteiger charge is 2.27. The lowest BCUT2D eigenvalue weighted by atomic mass is 9.84. The average Bonchev–Trinajstić information content (AvgIpc) is 3.02. The first-order valence-electron chi connectivity index (χ1n) is 8.46. The molecule has 24 heavy (non-hydrogen) atoms. The first-order valence-corrected chi connectivity index (χ1v) is 8.46. The smallest absolute Gasteiger partial charge is 0.321 e. The largest absolute Gasteiger partial charge is 0.349 e. The van der Waals surface area contributed by atoms with Crippen molar-refractivity contribution < 1.29 is 14.0 Å². The maximum atomic E-state index is 14.1. The number of nitrogens with two attached hydrogens (primary N) is 1. The minimum Gasteiger partial charge on any atom is -0.349 e. The molecule has 4 N–H and O–H groups in total. The van der Waals surface area contributed by atoms with Crippen LogP contribution in [0.25, 0.3) is 0 Å². The van der Waals surface area contributed by atoms with E-state index in [9.17, 15) is 14.0 Å². The summed E-state index contributed by atoms with van der Waals surface area (Å²) in [6.45, 7) is 1.56. The topological polar surface area (TPSA) is 87.5 Å². The van der Waals surface area contributed by atoms with Gasteiger partial charge in [0, 0.05) is 24.8 Å². The van der Waals surface area contributed by atoms with Crippen LogP contribution >= 0.6 is 0 Å². The lowest BCUT2D eigenvalue weighted by Crippen LogP contribution is -2.45. The molecular formula is C17H23FN4O2. The number of carbonyl (C=O) groups excluding carboxylic acids is 2. The molecule has 1 heterocycles. The fourth-order valence-electron chi connectivity index (χ4n) is 3.50. The van der Waals surface area contributed by atoms with E-state index >= 15 is 0 Å². The first-order chi connectivity index (χ1) is 11.6. The van der Waals surface area contributed by atoms with Crippen LogP contribution in [0.15, 0.2) is 18.2 Å². The molecule has 7 heteroatoms.